The summed E-state index contributed by atoms with van der Waals surface area (Å²) in [4.78, 5) is 14.5. The molecule has 1 aromatic rings. The molecule has 0 aromatic heterocycles. The maximum Gasteiger partial charge on any atom is 0.243 e. The molecule has 3 rings (SSSR count). The molecule has 0 spiro atoms. The number of nitrogens with zero attached hydrogens (tertiary/aromatic N) is 2. The van der Waals surface area contributed by atoms with Crippen LogP contribution in [-0.4, -0.2) is 80.0 Å². The van der Waals surface area contributed by atoms with E-state index in [-0.39, 0.29) is 23.0 Å². The predicted octanol–water partition coefficient (Wildman–Crippen LogP) is 1.47. The monoisotopic (exact) mass is 413 g/mol. The number of rotatable bonds is 5. The van der Waals surface area contributed by atoms with Crippen molar-refractivity contribution in [1.29, 1.82) is 0 Å². The van der Waals surface area contributed by atoms with Gasteiger partial charge in [-0.05, 0) is 38.1 Å². The Hall–Kier alpha value is -1.13. The van der Waals surface area contributed by atoms with Crippen molar-refractivity contribution in [3.63, 3.8) is 0 Å². The first-order valence-corrected chi connectivity index (χ1v) is 11.8. The standard InChI is InChI=1S/C18H27N3O4S2/c1-14-11-21(12-15(2)25-14)27(23,24)17-5-3-16(4-6-17)19-18(22)13-20-7-9-26-10-8-20/h3-6,14-15H,7-13H2,1-2H3,(H,19,22). The molecule has 2 aliphatic heterocycles. The maximum atomic E-state index is 12.8. The van der Waals surface area contributed by atoms with Gasteiger partial charge in [-0.25, -0.2) is 8.42 Å². The van der Waals surface area contributed by atoms with Gasteiger partial charge in [0.1, 0.15) is 0 Å². The molecule has 2 fully saturated rings. The SMILES string of the molecule is CC1CN(S(=O)(=O)c2ccc(NC(=O)CN3CCSCC3)cc2)CC(C)O1. The van der Waals surface area contributed by atoms with Gasteiger partial charge in [0.2, 0.25) is 15.9 Å². The highest BCUT2D eigenvalue weighted by molar-refractivity contribution is 7.99. The lowest BCUT2D eigenvalue weighted by atomic mass is 10.3. The summed E-state index contributed by atoms with van der Waals surface area (Å²) >= 11 is 1.90. The summed E-state index contributed by atoms with van der Waals surface area (Å²) in [5, 5.41) is 2.85. The van der Waals surface area contributed by atoms with E-state index in [1.165, 1.54) is 4.31 Å². The minimum atomic E-state index is -3.57. The Morgan fingerprint density at radius 3 is 2.33 bits per heavy atom. The molecule has 1 aromatic carbocycles. The van der Waals surface area contributed by atoms with E-state index in [2.05, 4.69) is 10.2 Å². The van der Waals surface area contributed by atoms with Crippen LogP contribution < -0.4 is 5.32 Å². The summed E-state index contributed by atoms with van der Waals surface area (Å²) in [6.07, 6.45) is -0.259. The normalized spacial score (nSPS) is 25.3. The summed E-state index contributed by atoms with van der Waals surface area (Å²) in [7, 11) is -3.57. The lowest BCUT2D eigenvalue weighted by Crippen LogP contribution is -2.48. The van der Waals surface area contributed by atoms with Gasteiger partial charge < -0.3 is 10.1 Å². The predicted molar refractivity (Wildman–Crippen MR) is 108 cm³/mol. The first-order chi connectivity index (χ1) is 12.8. The molecule has 1 N–H and O–H groups in total. The zero-order valence-electron chi connectivity index (χ0n) is 15.8. The molecule has 150 valence electrons. The Bertz CT molecular complexity index is 738. The third-order valence-corrected chi connectivity index (χ3v) is 7.42. The molecule has 1 amide bonds. The maximum absolute atomic E-state index is 12.8. The van der Waals surface area contributed by atoms with E-state index in [9.17, 15) is 13.2 Å². The summed E-state index contributed by atoms with van der Waals surface area (Å²) in [5.74, 6) is 2.03. The fourth-order valence-electron chi connectivity index (χ4n) is 3.35. The number of thioether (sulfide) groups is 1. The van der Waals surface area contributed by atoms with E-state index >= 15 is 0 Å². The number of hydrogen-bond donors (Lipinski definition) is 1. The van der Waals surface area contributed by atoms with Gasteiger partial charge in [0, 0.05) is 43.4 Å². The summed E-state index contributed by atoms with van der Waals surface area (Å²) in [6.45, 7) is 6.65. The quantitative estimate of drug-likeness (QED) is 0.788. The Balaban J connectivity index is 1.61. The topological polar surface area (TPSA) is 79.0 Å². The molecule has 2 saturated heterocycles. The first kappa shape index (κ1) is 20.6. The number of amides is 1. The second kappa shape index (κ2) is 8.91. The molecular formula is C18H27N3O4S2. The van der Waals surface area contributed by atoms with Crippen molar-refractivity contribution < 1.29 is 17.9 Å². The Morgan fingerprint density at radius 1 is 1.15 bits per heavy atom. The third kappa shape index (κ3) is 5.45. The second-order valence-electron chi connectivity index (χ2n) is 7.04. The minimum Gasteiger partial charge on any atom is -0.373 e. The van der Waals surface area contributed by atoms with E-state index in [1.54, 1.807) is 24.3 Å². The zero-order chi connectivity index (χ0) is 19.4. The van der Waals surface area contributed by atoms with Crippen LogP contribution in [-0.2, 0) is 19.6 Å². The fraction of sp³-hybridized carbons (Fsp3) is 0.611. The molecule has 7 nitrogen and oxygen atoms in total. The average molecular weight is 414 g/mol. The van der Waals surface area contributed by atoms with Gasteiger partial charge in [-0.3, -0.25) is 9.69 Å². The lowest BCUT2D eigenvalue weighted by molar-refractivity contribution is -0.117. The largest absolute Gasteiger partial charge is 0.373 e. The second-order valence-corrected chi connectivity index (χ2v) is 10.2. The highest BCUT2D eigenvalue weighted by atomic mass is 32.2. The molecule has 9 heteroatoms. The van der Waals surface area contributed by atoms with Crippen LogP contribution in [0.15, 0.2) is 29.2 Å². The molecule has 27 heavy (non-hydrogen) atoms. The summed E-state index contributed by atoms with van der Waals surface area (Å²) in [5.41, 5.74) is 0.606. The van der Waals surface area contributed by atoms with Gasteiger partial charge in [0.25, 0.3) is 0 Å². The Morgan fingerprint density at radius 2 is 1.74 bits per heavy atom. The number of carbonyl (C=O) groups is 1. The van der Waals surface area contributed by atoms with Crippen LogP contribution in [0.1, 0.15) is 13.8 Å². The van der Waals surface area contributed by atoms with Crippen molar-refractivity contribution in [3.8, 4) is 0 Å². The molecule has 2 atom stereocenters. The van der Waals surface area contributed by atoms with Crippen LogP contribution in [0, 0.1) is 0 Å². The third-order valence-electron chi connectivity index (χ3n) is 4.63. The molecule has 2 heterocycles. The molecule has 0 saturated carbocycles. The highest BCUT2D eigenvalue weighted by Gasteiger charge is 2.32. The minimum absolute atomic E-state index is 0.0756. The highest BCUT2D eigenvalue weighted by Crippen LogP contribution is 2.22. The smallest absolute Gasteiger partial charge is 0.243 e. The number of carbonyl (C=O) groups excluding carboxylic acids is 1. The number of hydrogen-bond acceptors (Lipinski definition) is 6. The molecule has 2 aliphatic rings. The van der Waals surface area contributed by atoms with Gasteiger partial charge >= 0.3 is 0 Å². The van der Waals surface area contributed by atoms with Crippen molar-refractivity contribution in [2.75, 3.05) is 49.5 Å². The number of benzene rings is 1. The number of nitrogens with one attached hydrogen (secondary N) is 1. The van der Waals surface area contributed by atoms with Crippen LogP contribution in [0.4, 0.5) is 5.69 Å². The van der Waals surface area contributed by atoms with E-state index < -0.39 is 10.0 Å². The molecule has 0 bridgehead atoms. The molecule has 0 radical (unpaired) electrons. The van der Waals surface area contributed by atoms with Crippen molar-refractivity contribution in [1.82, 2.24) is 9.21 Å². The number of anilines is 1. The van der Waals surface area contributed by atoms with E-state index in [1.807, 2.05) is 25.6 Å². The Labute approximate surface area is 165 Å². The summed E-state index contributed by atoms with van der Waals surface area (Å²) < 4.78 is 32.8. The van der Waals surface area contributed by atoms with Crippen molar-refractivity contribution in [3.05, 3.63) is 24.3 Å². The van der Waals surface area contributed by atoms with Crippen molar-refractivity contribution in [2.24, 2.45) is 0 Å². The Kier molecular flexibility index (Phi) is 6.80. The van der Waals surface area contributed by atoms with Gasteiger partial charge in [0.05, 0.1) is 23.6 Å². The van der Waals surface area contributed by atoms with Crippen molar-refractivity contribution >= 4 is 33.4 Å². The first-order valence-electron chi connectivity index (χ1n) is 9.20. The average Bonchev–Trinajstić information content (AvgIpc) is 2.62. The molecule has 0 aliphatic carbocycles. The van der Waals surface area contributed by atoms with Crippen LogP contribution >= 0.6 is 11.8 Å². The fourth-order valence-corrected chi connectivity index (χ4v) is 5.92. The van der Waals surface area contributed by atoms with Crippen LogP contribution in [0.5, 0.6) is 0 Å². The number of ether oxygens (including phenoxy) is 1. The zero-order valence-corrected chi connectivity index (χ0v) is 17.4. The van der Waals surface area contributed by atoms with Crippen LogP contribution in [0.25, 0.3) is 0 Å². The molecule has 2 unspecified atom stereocenters. The van der Waals surface area contributed by atoms with Crippen LogP contribution in [0.2, 0.25) is 0 Å². The lowest BCUT2D eigenvalue weighted by Gasteiger charge is -2.34. The van der Waals surface area contributed by atoms with Gasteiger partial charge in [-0.15, -0.1) is 0 Å². The molecular weight excluding hydrogens is 386 g/mol. The van der Waals surface area contributed by atoms with E-state index in [0.29, 0.717) is 25.3 Å². The van der Waals surface area contributed by atoms with Crippen LogP contribution in [0.3, 0.4) is 0 Å². The number of sulfonamides is 1. The van der Waals surface area contributed by atoms with Gasteiger partial charge in [-0.2, -0.15) is 16.1 Å². The van der Waals surface area contributed by atoms with E-state index in [4.69, 9.17) is 4.74 Å². The van der Waals surface area contributed by atoms with Crippen molar-refractivity contribution in [2.45, 2.75) is 31.0 Å². The van der Waals surface area contributed by atoms with Gasteiger partial charge in [0.15, 0.2) is 0 Å². The van der Waals surface area contributed by atoms with Gasteiger partial charge in [-0.1, -0.05) is 0 Å². The van der Waals surface area contributed by atoms with E-state index in [0.717, 1.165) is 24.6 Å². The summed E-state index contributed by atoms with van der Waals surface area (Å²) in [6, 6.07) is 6.38. The number of morpholine rings is 1.